The van der Waals surface area contributed by atoms with Crippen molar-refractivity contribution in [3.05, 3.63) is 99.2 Å². The van der Waals surface area contributed by atoms with Crippen molar-refractivity contribution in [1.29, 1.82) is 0 Å². The van der Waals surface area contributed by atoms with E-state index in [-0.39, 0.29) is 18.5 Å². The molecule has 0 radical (unpaired) electrons. The summed E-state index contributed by atoms with van der Waals surface area (Å²) < 4.78 is 6.97. The highest BCUT2D eigenvalue weighted by Gasteiger charge is 2.18. The molecule has 0 atom stereocenters. The molecule has 9 heteroatoms. The van der Waals surface area contributed by atoms with Gasteiger partial charge in [-0.1, -0.05) is 30.3 Å². The first-order valence-electron chi connectivity index (χ1n) is 13.3. The molecule has 0 amide bonds. The van der Waals surface area contributed by atoms with Crippen LogP contribution in [0, 0.1) is 0 Å². The first kappa shape index (κ1) is 31.1. The Bertz CT molecular complexity index is 1600. The molecule has 0 bridgehead atoms. The third-order valence-corrected chi connectivity index (χ3v) is 8.55. The molecule has 0 aliphatic carbocycles. The van der Waals surface area contributed by atoms with E-state index in [4.69, 9.17) is 22.7 Å². The highest BCUT2D eigenvalue weighted by Crippen LogP contribution is 2.36. The third-order valence-electron chi connectivity index (χ3n) is 6.69. The van der Waals surface area contributed by atoms with Crippen molar-refractivity contribution in [2.75, 3.05) is 18.5 Å². The Morgan fingerprint density at radius 1 is 1.02 bits per heavy atom. The maximum absolute atomic E-state index is 6.28. The summed E-state index contributed by atoms with van der Waals surface area (Å²) in [5.41, 5.74) is 12.8. The molecule has 2 heterocycles. The number of likely N-dealkylation sites (N-methyl/N-ethyl adjacent to an activating group) is 1. The molecule has 2 aromatic heterocycles. The summed E-state index contributed by atoms with van der Waals surface area (Å²) in [6.45, 7) is 5.86. The number of nitrogens with zero attached hydrogens (tertiary/aromatic N) is 2. The summed E-state index contributed by atoms with van der Waals surface area (Å²) in [4.78, 5) is 9.32. The van der Waals surface area contributed by atoms with Crippen LogP contribution >= 0.6 is 51.9 Å². The van der Waals surface area contributed by atoms with Gasteiger partial charge in [0, 0.05) is 55.8 Å². The minimum absolute atomic E-state index is 0. The summed E-state index contributed by atoms with van der Waals surface area (Å²) in [6.07, 6.45) is 1.00. The van der Waals surface area contributed by atoms with Crippen molar-refractivity contribution in [2.45, 2.75) is 32.9 Å². The predicted molar refractivity (Wildman–Crippen MR) is 184 cm³/mol. The first-order chi connectivity index (χ1) is 19.3. The Kier molecular flexibility index (Phi) is 10.5. The summed E-state index contributed by atoms with van der Waals surface area (Å²) in [5, 5.41) is 3.60. The van der Waals surface area contributed by atoms with Gasteiger partial charge < -0.3 is 20.4 Å². The van der Waals surface area contributed by atoms with Gasteiger partial charge in [0.1, 0.15) is 5.75 Å². The van der Waals surface area contributed by atoms with Crippen molar-refractivity contribution in [3.8, 4) is 17.0 Å². The Hall–Kier alpha value is -2.88. The van der Waals surface area contributed by atoms with E-state index in [1.54, 1.807) is 11.3 Å². The van der Waals surface area contributed by atoms with Crippen LogP contribution in [0.5, 0.6) is 5.75 Å². The number of H-pyrrole nitrogens is 1. The summed E-state index contributed by atoms with van der Waals surface area (Å²) >= 11 is 10.9. The van der Waals surface area contributed by atoms with Gasteiger partial charge >= 0.3 is 0 Å². The Morgan fingerprint density at radius 2 is 1.73 bits per heavy atom. The normalized spacial score (nSPS) is 11.2. The minimum atomic E-state index is 0. The molecule has 0 saturated heterocycles. The van der Waals surface area contributed by atoms with Gasteiger partial charge in [0.15, 0.2) is 5.11 Å². The van der Waals surface area contributed by atoms with E-state index in [0.717, 1.165) is 52.3 Å². The van der Waals surface area contributed by atoms with Gasteiger partial charge in [-0.15, -0.1) is 23.7 Å². The van der Waals surface area contributed by atoms with E-state index < -0.39 is 0 Å². The molecule has 3 aromatic carbocycles. The van der Waals surface area contributed by atoms with Gasteiger partial charge in [0.05, 0.1) is 6.10 Å². The van der Waals surface area contributed by atoms with E-state index in [2.05, 4.69) is 92.8 Å². The molecule has 0 aliphatic heterocycles. The lowest BCUT2D eigenvalue weighted by atomic mass is 10.0. The topological polar surface area (TPSA) is 57.5 Å². The summed E-state index contributed by atoms with van der Waals surface area (Å²) in [5.74, 6) is 0.816. The monoisotopic (exact) mass is 668 g/mol. The summed E-state index contributed by atoms with van der Waals surface area (Å²) in [6, 6.07) is 27.0. The number of nitrogens with two attached hydrogens (primary N) is 1. The number of hydrogen-bond donors (Lipinski definition) is 2. The van der Waals surface area contributed by atoms with Crippen LogP contribution in [0.25, 0.3) is 22.2 Å². The first-order valence-corrected chi connectivity index (χ1v) is 15.3. The maximum Gasteiger partial charge on any atom is 0.175 e. The molecule has 5 nitrogen and oxygen atoms in total. The molecule has 5 aromatic rings. The third kappa shape index (κ3) is 7.50. The van der Waals surface area contributed by atoms with Crippen LogP contribution < -0.4 is 15.4 Å². The Labute approximate surface area is 265 Å². The van der Waals surface area contributed by atoms with E-state index in [1.165, 1.54) is 21.4 Å². The van der Waals surface area contributed by atoms with E-state index in [0.29, 0.717) is 5.11 Å². The average molecular weight is 670 g/mol. The molecule has 3 N–H and O–H groups in total. The SMILES string of the molecule is CC(C)Oc1ccc(N(C(N)=S)c2ccc3[nH]c(-c4ccccc4)c(CCN(C)Cc4cc(Br)cs4)c3c2)cc1.Cl. The molecule has 5 rings (SSSR count). The number of rotatable bonds is 10. The van der Waals surface area contributed by atoms with Crippen LogP contribution in [0.3, 0.4) is 0 Å². The number of ether oxygens (including phenoxy) is 1. The number of thiocarbonyl (C=S) groups is 1. The van der Waals surface area contributed by atoms with Crippen LogP contribution in [-0.4, -0.2) is 34.7 Å². The molecule has 214 valence electrons. The van der Waals surface area contributed by atoms with Crippen LogP contribution in [0.2, 0.25) is 0 Å². The molecular weight excluding hydrogens is 636 g/mol. The quantitative estimate of drug-likeness (QED) is 0.146. The Morgan fingerprint density at radius 3 is 2.37 bits per heavy atom. The van der Waals surface area contributed by atoms with Crippen LogP contribution in [0.1, 0.15) is 24.3 Å². The number of benzene rings is 3. The van der Waals surface area contributed by atoms with Gasteiger partial charge in [0.2, 0.25) is 0 Å². The van der Waals surface area contributed by atoms with Crippen molar-refractivity contribution in [3.63, 3.8) is 0 Å². The number of nitrogens with one attached hydrogen (secondary N) is 1. The fourth-order valence-electron chi connectivity index (χ4n) is 4.92. The van der Waals surface area contributed by atoms with Gasteiger partial charge in [-0.2, -0.15) is 0 Å². The van der Waals surface area contributed by atoms with Crippen LogP contribution in [-0.2, 0) is 13.0 Å². The second-order valence-electron chi connectivity index (χ2n) is 10.1. The lowest BCUT2D eigenvalue weighted by Crippen LogP contribution is -2.31. The second kappa shape index (κ2) is 13.9. The second-order valence-corrected chi connectivity index (χ2v) is 12.5. The number of fused-ring (bicyclic) bond motifs is 1. The van der Waals surface area contributed by atoms with E-state index in [9.17, 15) is 0 Å². The van der Waals surface area contributed by atoms with Gasteiger partial charge in [-0.3, -0.25) is 4.90 Å². The molecule has 41 heavy (non-hydrogen) atoms. The fourth-order valence-corrected chi connectivity index (χ4v) is 6.66. The van der Waals surface area contributed by atoms with Crippen LogP contribution in [0.4, 0.5) is 11.4 Å². The molecule has 0 fully saturated rings. The van der Waals surface area contributed by atoms with Crippen molar-refractivity contribution in [2.24, 2.45) is 5.73 Å². The number of anilines is 2. The molecule has 0 saturated carbocycles. The average Bonchev–Trinajstić information content (AvgIpc) is 3.51. The molecular formula is C32H34BrClN4OS2. The zero-order chi connectivity index (χ0) is 28.2. The predicted octanol–water partition coefficient (Wildman–Crippen LogP) is 8.92. The zero-order valence-electron chi connectivity index (χ0n) is 23.3. The van der Waals surface area contributed by atoms with E-state index >= 15 is 0 Å². The molecule has 0 unspecified atom stereocenters. The number of hydrogen-bond acceptors (Lipinski definition) is 4. The number of aromatic nitrogens is 1. The van der Waals surface area contributed by atoms with Crippen molar-refractivity contribution < 1.29 is 4.74 Å². The zero-order valence-corrected chi connectivity index (χ0v) is 27.3. The molecule has 0 spiro atoms. The largest absolute Gasteiger partial charge is 0.491 e. The van der Waals surface area contributed by atoms with Crippen molar-refractivity contribution in [1.82, 2.24) is 9.88 Å². The fraction of sp³-hybridized carbons (Fsp3) is 0.219. The van der Waals surface area contributed by atoms with Gasteiger partial charge in [-0.25, -0.2) is 0 Å². The lowest BCUT2D eigenvalue weighted by Gasteiger charge is -2.24. The highest BCUT2D eigenvalue weighted by molar-refractivity contribution is 9.10. The molecule has 0 aliphatic rings. The smallest absolute Gasteiger partial charge is 0.175 e. The standard InChI is InChI=1S/C32H33BrN4OS2.ClH/c1-21(2)38-26-12-9-24(10-13-26)37(32(34)39)25-11-14-30-29(18-25)28(31(35-30)22-7-5-4-6-8-22)15-16-36(3)19-27-17-23(33)20-40-27;/h4-14,17-18,20-21,35H,15-16,19H2,1-3H3,(H2,34,39);1H. The highest BCUT2D eigenvalue weighted by atomic mass is 79.9. The minimum Gasteiger partial charge on any atom is -0.491 e. The Balaban J connectivity index is 0.00000387. The van der Waals surface area contributed by atoms with Crippen molar-refractivity contribution >= 4 is 79.3 Å². The van der Waals surface area contributed by atoms with Gasteiger partial charge in [-0.05, 0) is 115 Å². The maximum atomic E-state index is 6.28. The van der Waals surface area contributed by atoms with Gasteiger partial charge in [0.25, 0.3) is 0 Å². The number of aromatic amines is 1. The number of halogens is 2. The lowest BCUT2D eigenvalue weighted by molar-refractivity contribution is 0.242. The van der Waals surface area contributed by atoms with Crippen LogP contribution in [0.15, 0.2) is 88.7 Å². The van der Waals surface area contributed by atoms with E-state index in [1.807, 2.05) is 43.0 Å². The summed E-state index contributed by atoms with van der Waals surface area (Å²) in [7, 11) is 2.18. The number of thiophene rings is 1.